The minimum absolute atomic E-state index is 0. The summed E-state index contributed by atoms with van der Waals surface area (Å²) in [7, 11) is 0. The normalized spacial score (nSPS) is 10.6. The first kappa shape index (κ1) is 12.9. The van der Waals surface area contributed by atoms with Crippen LogP contribution < -0.4 is 5.73 Å². The van der Waals surface area contributed by atoms with Gasteiger partial charge in [-0.25, -0.2) is 0 Å². The quantitative estimate of drug-likeness (QED) is 0.629. The first-order chi connectivity index (χ1) is 4.66. The number of aliphatic carboxylic acids is 1. The second-order valence-corrected chi connectivity index (χ2v) is 1.97. The molecule has 4 heteroatoms. The Morgan fingerprint density at radius 3 is 2.73 bits per heavy atom. The molecule has 0 spiro atoms. The van der Waals surface area contributed by atoms with E-state index in [1.165, 1.54) is 0 Å². The lowest BCUT2D eigenvalue weighted by Crippen LogP contribution is -2.17. The standard InChI is InChI=1S/C7H11NO2.ClH/c1-2-3-6(8)4-5-7(9)10;/h3,6H,1,4-5,8H2,(H,9,10);1H. The first-order valence-electron chi connectivity index (χ1n) is 3.00. The van der Waals surface area contributed by atoms with Crippen molar-refractivity contribution in [2.75, 3.05) is 0 Å². The summed E-state index contributed by atoms with van der Waals surface area (Å²) in [4.78, 5) is 10.0. The molecule has 0 aliphatic rings. The van der Waals surface area contributed by atoms with Crippen LogP contribution in [0.25, 0.3) is 0 Å². The van der Waals surface area contributed by atoms with E-state index in [0.717, 1.165) is 0 Å². The zero-order valence-electron chi connectivity index (χ0n) is 6.12. The molecule has 64 valence electrons. The Bertz CT molecular complexity index is 164. The Kier molecular flexibility index (Phi) is 8.60. The van der Waals surface area contributed by atoms with Crippen molar-refractivity contribution in [1.29, 1.82) is 0 Å². The van der Waals surface area contributed by atoms with Crippen LogP contribution in [0.4, 0.5) is 0 Å². The lowest BCUT2D eigenvalue weighted by Gasteiger charge is -2.00. The maximum atomic E-state index is 10.0. The van der Waals surface area contributed by atoms with Crippen molar-refractivity contribution < 1.29 is 9.90 Å². The van der Waals surface area contributed by atoms with Crippen LogP contribution in [0.1, 0.15) is 12.8 Å². The van der Waals surface area contributed by atoms with E-state index in [-0.39, 0.29) is 24.9 Å². The smallest absolute Gasteiger partial charge is 0.303 e. The fourth-order valence-electron chi connectivity index (χ4n) is 0.525. The molecule has 11 heavy (non-hydrogen) atoms. The molecule has 1 atom stereocenters. The van der Waals surface area contributed by atoms with Crippen molar-refractivity contribution in [2.45, 2.75) is 18.9 Å². The first-order valence-corrected chi connectivity index (χ1v) is 3.00. The topological polar surface area (TPSA) is 63.3 Å². The number of rotatable bonds is 4. The van der Waals surface area contributed by atoms with Gasteiger partial charge in [0.25, 0.3) is 0 Å². The molecule has 3 N–H and O–H groups in total. The summed E-state index contributed by atoms with van der Waals surface area (Å²) in [5, 5.41) is 8.23. The van der Waals surface area contributed by atoms with Crippen molar-refractivity contribution in [1.82, 2.24) is 0 Å². The summed E-state index contributed by atoms with van der Waals surface area (Å²) >= 11 is 0. The fourth-order valence-corrected chi connectivity index (χ4v) is 0.525. The van der Waals surface area contributed by atoms with Gasteiger partial charge in [0.1, 0.15) is 0 Å². The van der Waals surface area contributed by atoms with E-state index >= 15 is 0 Å². The largest absolute Gasteiger partial charge is 0.481 e. The summed E-state index contributed by atoms with van der Waals surface area (Å²) in [6.45, 7) is 3.32. The van der Waals surface area contributed by atoms with E-state index in [9.17, 15) is 4.79 Å². The van der Waals surface area contributed by atoms with Crippen LogP contribution in [0.5, 0.6) is 0 Å². The van der Waals surface area contributed by atoms with Crippen molar-refractivity contribution in [3.63, 3.8) is 0 Å². The average Bonchev–Trinajstić information content (AvgIpc) is 1.85. The third-order valence-corrected chi connectivity index (χ3v) is 1.02. The monoisotopic (exact) mass is 177 g/mol. The predicted molar refractivity (Wildman–Crippen MR) is 45.8 cm³/mol. The second-order valence-electron chi connectivity index (χ2n) is 1.97. The summed E-state index contributed by atoms with van der Waals surface area (Å²) in [5.41, 5.74) is 7.91. The minimum atomic E-state index is -0.826. The summed E-state index contributed by atoms with van der Waals surface area (Å²) in [6.07, 6.45) is 2.10. The van der Waals surface area contributed by atoms with Gasteiger partial charge in [0.15, 0.2) is 0 Å². The van der Waals surface area contributed by atoms with Gasteiger partial charge < -0.3 is 10.8 Å². The van der Waals surface area contributed by atoms with Gasteiger partial charge in [-0.3, -0.25) is 4.79 Å². The number of carboxylic acid groups (broad SMARTS) is 1. The van der Waals surface area contributed by atoms with Crippen molar-refractivity contribution >= 4 is 18.4 Å². The van der Waals surface area contributed by atoms with E-state index in [2.05, 4.69) is 12.3 Å². The third kappa shape index (κ3) is 9.24. The molecule has 0 heterocycles. The lowest BCUT2D eigenvalue weighted by atomic mass is 10.2. The van der Waals surface area contributed by atoms with Crippen LogP contribution in [0.3, 0.4) is 0 Å². The van der Waals surface area contributed by atoms with Gasteiger partial charge in [0, 0.05) is 12.5 Å². The van der Waals surface area contributed by atoms with Gasteiger partial charge in [0.05, 0.1) is 0 Å². The molecule has 0 amide bonds. The molecule has 0 aromatic heterocycles. The number of carboxylic acids is 1. The summed E-state index contributed by atoms with van der Waals surface area (Å²) in [5.74, 6) is -0.826. The summed E-state index contributed by atoms with van der Waals surface area (Å²) in [6, 6.07) is -0.228. The number of halogens is 1. The van der Waals surface area contributed by atoms with E-state index in [1.54, 1.807) is 6.08 Å². The van der Waals surface area contributed by atoms with Crippen LogP contribution in [-0.4, -0.2) is 17.1 Å². The molecule has 0 bridgehead atoms. The molecule has 1 unspecified atom stereocenters. The number of hydrogen-bond acceptors (Lipinski definition) is 2. The molecule has 0 aromatic rings. The molecule has 0 saturated heterocycles. The number of carbonyl (C=O) groups is 1. The molecule has 3 nitrogen and oxygen atoms in total. The lowest BCUT2D eigenvalue weighted by molar-refractivity contribution is -0.137. The van der Waals surface area contributed by atoms with E-state index in [1.807, 2.05) is 0 Å². The minimum Gasteiger partial charge on any atom is -0.481 e. The van der Waals surface area contributed by atoms with Crippen LogP contribution in [0, 0.1) is 0 Å². The zero-order chi connectivity index (χ0) is 7.98. The second kappa shape index (κ2) is 7.35. The fraction of sp³-hybridized carbons (Fsp3) is 0.429. The molecule has 0 aliphatic heterocycles. The van der Waals surface area contributed by atoms with E-state index in [4.69, 9.17) is 10.8 Å². The molecular formula is C7H12ClNO2. The molecule has 0 radical (unpaired) electrons. The van der Waals surface area contributed by atoms with Crippen molar-refractivity contribution in [2.24, 2.45) is 5.73 Å². The van der Waals surface area contributed by atoms with Gasteiger partial charge in [-0.1, -0.05) is 6.58 Å². The van der Waals surface area contributed by atoms with Crippen LogP contribution >= 0.6 is 12.4 Å². The van der Waals surface area contributed by atoms with Crippen molar-refractivity contribution in [3.05, 3.63) is 18.4 Å². The molecule has 0 rings (SSSR count). The molecule has 0 saturated carbocycles. The highest BCUT2D eigenvalue weighted by Gasteiger charge is 2.00. The highest BCUT2D eigenvalue weighted by Crippen LogP contribution is 1.94. The molecule has 0 fully saturated rings. The zero-order valence-corrected chi connectivity index (χ0v) is 6.93. The van der Waals surface area contributed by atoms with Gasteiger partial charge in [-0.15, -0.1) is 18.1 Å². The molecule has 0 aromatic carbocycles. The van der Waals surface area contributed by atoms with E-state index in [0.29, 0.717) is 6.42 Å². The number of nitrogens with two attached hydrogens (primary N) is 1. The maximum Gasteiger partial charge on any atom is 0.303 e. The summed E-state index contributed by atoms with van der Waals surface area (Å²) < 4.78 is 0. The van der Waals surface area contributed by atoms with Crippen LogP contribution in [-0.2, 0) is 4.79 Å². The third-order valence-electron chi connectivity index (χ3n) is 1.02. The van der Waals surface area contributed by atoms with Gasteiger partial charge in [-0.05, 0) is 12.5 Å². The maximum absolute atomic E-state index is 10.0. The Morgan fingerprint density at radius 1 is 1.82 bits per heavy atom. The van der Waals surface area contributed by atoms with Gasteiger partial charge in [-0.2, -0.15) is 0 Å². The Labute approximate surface area is 72.0 Å². The molecule has 0 aliphatic carbocycles. The SMILES string of the molecule is C=C=CC(N)CCC(=O)O.Cl. The van der Waals surface area contributed by atoms with Gasteiger partial charge in [0.2, 0.25) is 0 Å². The van der Waals surface area contributed by atoms with Gasteiger partial charge >= 0.3 is 5.97 Å². The highest BCUT2D eigenvalue weighted by atomic mass is 35.5. The van der Waals surface area contributed by atoms with Crippen molar-refractivity contribution in [3.8, 4) is 0 Å². The Hall–Kier alpha value is -0.760. The average molecular weight is 178 g/mol. The highest BCUT2D eigenvalue weighted by molar-refractivity contribution is 5.85. The van der Waals surface area contributed by atoms with Crippen LogP contribution in [0.2, 0.25) is 0 Å². The van der Waals surface area contributed by atoms with Crippen LogP contribution in [0.15, 0.2) is 18.4 Å². The Balaban J connectivity index is 0. The predicted octanol–water partition coefficient (Wildman–Crippen LogP) is 0.941. The Morgan fingerprint density at radius 2 is 2.36 bits per heavy atom. The number of hydrogen-bond donors (Lipinski definition) is 2. The van der Waals surface area contributed by atoms with E-state index < -0.39 is 5.97 Å². The molecular weight excluding hydrogens is 166 g/mol.